The zero-order valence-electron chi connectivity index (χ0n) is 9.35. The standard InChI is InChI=1S/C12H13FN2OS/c1-7-11(10(16)6-14)17-12(15-7)8-4-2-3-5-9(8)13/h2-5,10,16H,6,14H2,1H3. The van der Waals surface area contributed by atoms with Gasteiger partial charge >= 0.3 is 0 Å². The molecule has 1 aromatic heterocycles. The van der Waals surface area contributed by atoms with E-state index in [1.165, 1.54) is 17.4 Å². The Morgan fingerprint density at radius 1 is 1.47 bits per heavy atom. The second kappa shape index (κ2) is 4.91. The molecule has 0 saturated heterocycles. The molecule has 0 spiro atoms. The van der Waals surface area contributed by atoms with Crippen LogP contribution in [-0.2, 0) is 0 Å². The summed E-state index contributed by atoms with van der Waals surface area (Å²) in [5, 5.41) is 10.3. The lowest BCUT2D eigenvalue weighted by molar-refractivity contribution is 0.189. The van der Waals surface area contributed by atoms with Gasteiger partial charge in [0.05, 0.1) is 10.6 Å². The van der Waals surface area contributed by atoms with E-state index in [-0.39, 0.29) is 12.4 Å². The minimum Gasteiger partial charge on any atom is -0.386 e. The fourth-order valence-corrected chi connectivity index (χ4v) is 2.67. The van der Waals surface area contributed by atoms with Gasteiger partial charge < -0.3 is 10.8 Å². The van der Waals surface area contributed by atoms with Crippen molar-refractivity contribution >= 4 is 11.3 Å². The van der Waals surface area contributed by atoms with Crippen molar-refractivity contribution in [1.82, 2.24) is 4.98 Å². The molecule has 5 heteroatoms. The molecule has 0 aliphatic rings. The van der Waals surface area contributed by atoms with E-state index in [0.717, 1.165) is 0 Å². The van der Waals surface area contributed by atoms with Gasteiger partial charge in [0, 0.05) is 12.1 Å². The molecular weight excluding hydrogens is 239 g/mol. The first-order valence-electron chi connectivity index (χ1n) is 5.24. The molecular formula is C12H13FN2OS. The molecule has 0 aliphatic heterocycles. The van der Waals surface area contributed by atoms with Crippen molar-refractivity contribution in [2.24, 2.45) is 5.73 Å². The SMILES string of the molecule is Cc1nc(-c2ccccc2F)sc1C(O)CN. The second-order valence-corrected chi connectivity index (χ2v) is 4.73. The fourth-order valence-electron chi connectivity index (χ4n) is 1.57. The number of hydrogen-bond donors (Lipinski definition) is 2. The van der Waals surface area contributed by atoms with Crippen LogP contribution in [0.4, 0.5) is 4.39 Å². The van der Waals surface area contributed by atoms with E-state index in [0.29, 0.717) is 21.1 Å². The van der Waals surface area contributed by atoms with E-state index in [1.54, 1.807) is 25.1 Å². The number of rotatable bonds is 3. The van der Waals surface area contributed by atoms with Crippen LogP contribution in [0.3, 0.4) is 0 Å². The highest BCUT2D eigenvalue weighted by molar-refractivity contribution is 7.15. The Labute approximate surface area is 103 Å². The van der Waals surface area contributed by atoms with Gasteiger partial charge in [0.1, 0.15) is 16.9 Å². The smallest absolute Gasteiger partial charge is 0.133 e. The van der Waals surface area contributed by atoms with Gasteiger partial charge in [-0.3, -0.25) is 0 Å². The first kappa shape index (κ1) is 12.2. The minimum atomic E-state index is -0.729. The van der Waals surface area contributed by atoms with Crippen LogP contribution >= 0.6 is 11.3 Å². The summed E-state index contributed by atoms with van der Waals surface area (Å²) in [5.41, 5.74) is 6.56. The first-order chi connectivity index (χ1) is 8.13. The summed E-state index contributed by atoms with van der Waals surface area (Å²) in [6.45, 7) is 1.93. The van der Waals surface area contributed by atoms with E-state index in [9.17, 15) is 9.50 Å². The molecule has 3 nitrogen and oxygen atoms in total. The number of thiazole rings is 1. The van der Waals surface area contributed by atoms with Gasteiger partial charge in [-0.05, 0) is 19.1 Å². The molecule has 0 aliphatic carbocycles. The summed E-state index contributed by atoms with van der Waals surface area (Å²) in [6, 6.07) is 6.46. The molecule has 0 fully saturated rings. The minimum absolute atomic E-state index is 0.139. The van der Waals surface area contributed by atoms with E-state index in [1.807, 2.05) is 0 Å². The van der Waals surface area contributed by atoms with Gasteiger partial charge in [0.15, 0.2) is 0 Å². The molecule has 0 radical (unpaired) electrons. The number of benzene rings is 1. The van der Waals surface area contributed by atoms with Crippen LogP contribution in [0.15, 0.2) is 24.3 Å². The van der Waals surface area contributed by atoms with Gasteiger partial charge in [-0.1, -0.05) is 12.1 Å². The van der Waals surface area contributed by atoms with Crippen LogP contribution in [-0.4, -0.2) is 16.6 Å². The summed E-state index contributed by atoms with van der Waals surface area (Å²) < 4.78 is 13.6. The lowest BCUT2D eigenvalue weighted by Gasteiger charge is -2.03. The van der Waals surface area contributed by atoms with E-state index in [2.05, 4.69) is 4.98 Å². The predicted molar refractivity (Wildman–Crippen MR) is 66.3 cm³/mol. The maximum atomic E-state index is 13.6. The summed E-state index contributed by atoms with van der Waals surface area (Å²) in [4.78, 5) is 4.97. The average Bonchev–Trinajstić information content (AvgIpc) is 2.71. The van der Waals surface area contributed by atoms with Gasteiger partial charge in [-0.25, -0.2) is 9.37 Å². The van der Waals surface area contributed by atoms with Crippen LogP contribution in [0.2, 0.25) is 0 Å². The largest absolute Gasteiger partial charge is 0.386 e. The van der Waals surface area contributed by atoms with Crippen molar-refractivity contribution in [2.45, 2.75) is 13.0 Å². The summed E-state index contributed by atoms with van der Waals surface area (Å²) in [5.74, 6) is -0.310. The Morgan fingerprint density at radius 2 is 2.18 bits per heavy atom. The number of aromatic nitrogens is 1. The number of hydrogen-bond acceptors (Lipinski definition) is 4. The second-order valence-electron chi connectivity index (χ2n) is 3.70. The Kier molecular flexibility index (Phi) is 3.51. The summed E-state index contributed by atoms with van der Waals surface area (Å²) in [6.07, 6.45) is -0.729. The van der Waals surface area contributed by atoms with E-state index in [4.69, 9.17) is 5.73 Å². The van der Waals surface area contributed by atoms with Crippen molar-refractivity contribution in [3.05, 3.63) is 40.7 Å². The molecule has 2 rings (SSSR count). The van der Waals surface area contributed by atoms with Crippen molar-refractivity contribution in [2.75, 3.05) is 6.54 Å². The van der Waals surface area contributed by atoms with Gasteiger partial charge in [-0.2, -0.15) is 0 Å². The number of aryl methyl sites for hydroxylation is 1. The molecule has 1 unspecified atom stereocenters. The fraction of sp³-hybridized carbons (Fsp3) is 0.250. The van der Waals surface area contributed by atoms with Crippen molar-refractivity contribution in [3.63, 3.8) is 0 Å². The quantitative estimate of drug-likeness (QED) is 0.880. The van der Waals surface area contributed by atoms with Crippen molar-refractivity contribution in [3.8, 4) is 10.6 Å². The van der Waals surface area contributed by atoms with Crippen molar-refractivity contribution in [1.29, 1.82) is 0 Å². The number of halogens is 1. The average molecular weight is 252 g/mol. The molecule has 17 heavy (non-hydrogen) atoms. The third-order valence-corrected chi connectivity index (χ3v) is 3.75. The Balaban J connectivity index is 2.45. The van der Waals surface area contributed by atoms with E-state index >= 15 is 0 Å². The van der Waals surface area contributed by atoms with E-state index < -0.39 is 6.10 Å². The highest BCUT2D eigenvalue weighted by Gasteiger charge is 2.16. The maximum absolute atomic E-state index is 13.6. The maximum Gasteiger partial charge on any atom is 0.133 e. The molecule has 2 aromatic rings. The van der Waals surface area contributed by atoms with Crippen molar-refractivity contribution < 1.29 is 9.50 Å². The molecule has 0 bridgehead atoms. The predicted octanol–water partition coefficient (Wildman–Crippen LogP) is 2.25. The molecule has 1 aromatic carbocycles. The first-order valence-corrected chi connectivity index (χ1v) is 6.05. The topological polar surface area (TPSA) is 59.1 Å². The van der Waals surface area contributed by atoms with Gasteiger partial charge in [-0.15, -0.1) is 11.3 Å². The lowest BCUT2D eigenvalue weighted by atomic mass is 10.2. The van der Waals surface area contributed by atoms with Crippen LogP contribution in [0.1, 0.15) is 16.7 Å². The zero-order valence-corrected chi connectivity index (χ0v) is 10.2. The molecule has 90 valence electrons. The van der Waals surface area contributed by atoms with Crippen LogP contribution in [0, 0.1) is 12.7 Å². The van der Waals surface area contributed by atoms with Crippen LogP contribution in [0.25, 0.3) is 10.6 Å². The monoisotopic (exact) mass is 252 g/mol. The number of aliphatic hydroxyl groups is 1. The Hall–Kier alpha value is -1.30. The number of aliphatic hydroxyl groups excluding tert-OH is 1. The third-order valence-electron chi connectivity index (χ3n) is 2.46. The molecule has 0 saturated carbocycles. The molecule has 1 heterocycles. The Morgan fingerprint density at radius 3 is 2.82 bits per heavy atom. The molecule has 3 N–H and O–H groups in total. The molecule has 1 atom stereocenters. The zero-order chi connectivity index (χ0) is 12.4. The highest BCUT2D eigenvalue weighted by Crippen LogP contribution is 2.32. The van der Waals surface area contributed by atoms with Crippen LogP contribution in [0.5, 0.6) is 0 Å². The Bertz CT molecular complexity index is 527. The number of nitrogens with two attached hydrogens (primary N) is 1. The summed E-state index contributed by atoms with van der Waals surface area (Å²) >= 11 is 1.28. The van der Waals surface area contributed by atoms with Gasteiger partial charge in [0.2, 0.25) is 0 Å². The summed E-state index contributed by atoms with van der Waals surface area (Å²) in [7, 11) is 0. The lowest BCUT2D eigenvalue weighted by Crippen LogP contribution is -2.10. The third kappa shape index (κ3) is 2.36. The normalized spacial score (nSPS) is 12.7. The highest BCUT2D eigenvalue weighted by atomic mass is 32.1. The molecule has 0 amide bonds. The van der Waals surface area contributed by atoms with Crippen LogP contribution < -0.4 is 5.73 Å². The van der Waals surface area contributed by atoms with Gasteiger partial charge in [0.25, 0.3) is 0 Å². The number of nitrogens with zero attached hydrogens (tertiary/aromatic N) is 1.